The third-order valence-corrected chi connectivity index (χ3v) is 2.52. The van der Waals surface area contributed by atoms with Crippen LogP contribution in [0.1, 0.15) is 22.0 Å². The van der Waals surface area contributed by atoms with Gasteiger partial charge in [-0.2, -0.15) is 0 Å². The molecule has 2 aromatic rings. The van der Waals surface area contributed by atoms with E-state index in [1.807, 2.05) is 18.2 Å². The van der Waals surface area contributed by atoms with Crippen LogP contribution in [0, 0.1) is 0 Å². The maximum absolute atomic E-state index is 11.9. The van der Waals surface area contributed by atoms with Crippen molar-refractivity contribution in [2.24, 2.45) is 0 Å². The quantitative estimate of drug-likeness (QED) is 0.828. The molecule has 4 heteroatoms. The number of nitrogens with zero attached hydrogens (tertiary/aromatic N) is 1. The zero-order valence-corrected chi connectivity index (χ0v) is 9.61. The lowest BCUT2D eigenvalue weighted by Crippen LogP contribution is -2.29. The van der Waals surface area contributed by atoms with Crippen LogP contribution in [0.2, 0.25) is 0 Å². The fourth-order valence-electron chi connectivity index (χ4n) is 1.58. The first-order chi connectivity index (χ1) is 8.81. The van der Waals surface area contributed by atoms with E-state index >= 15 is 0 Å². The Kier molecular flexibility index (Phi) is 3.81. The largest absolute Gasteiger partial charge is 0.338 e. The number of hydrogen-bond acceptors (Lipinski definition) is 3. The number of carbonyl (C=O) groups excluding carboxylic acids is 2. The second-order valence-corrected chi connectivity index (χ2v) is 3.73. The molecule has 1 amide bonds. The Labute approximate surface area is 105 Å². The van der Waals surface area contributed by atoms with E-state index in [1.54, 1.807) is 24.3 Å². The van der Waals surface area contributed by atoms with Gasteiger partial charge >= 0.3 is 0 Å². The van der Waals surface area contributed by atoms with Crippen LogP contribution in [0.5, 0.6) is 0 Å². The highest BCUT2D eigenvalue weighted by Crippen LogP contribution is 2.10. The second kappa shape index (κ2) is 5.72. The monoisotopic (exact) mass is 240 g/mol. The van der Waals surface area contributed by atoms with Crippen molar-refractivity contribution >= 4 is 12.2 Å². The Hall–Kier alpha value is -2.49. The van der Waals surface area contributed by atoms with Gasteiger partial charge in [-0.1, -0.05) is 30.3 Å². The minimum atomic E-state index is -0.633. The molecule has 1 N–H and O–H groups in total. The van der Waals surface area contributed by atoms with Gasteiger partial charge in [0.1, 0.15) is 12.3 Å². The Bertz CT molecular complexity index is 526. The molecule has 0 aliphatic carbocycles. The van der Waals surface area contributed by atoms with Crippen LogP contribution in [0.3, 0.4) is 0 Å². The first-order valence-electron chi connectivity index (χ1n) is 5.52. The summed E-state index contributed by atoms with van der Waals surface area (Å²) in [6.45, 7) is 0. The Morgan fingerprint density at radius 1 is 1.11 bits per heavy atom. The topological polar surface area (TPSA) is 59.1 Å². The zero-order chi connectivity index (χ0) is 12.8. The van der Waals surface area contributed by atoms with Gasteiger partial charge in [0.2, 0.25) is 0 Å². The van der Waals surface area contributed by atoms with E-state index in [1.165, 1.54) is 12.4 Å². The van der Waals surface area contributed by atoms with Gasteiger partial charge < -0.3 is 10.1 Å². The van der Waals surface area contributed by atoms with E-state index < -0.39 is 6.04 Å². The third kappa shape index (κ3) is 2.79. The Morgan fingerprint density at radius 3 is 2.39 bits per heavy atom. The van der Waals surface area contributed by atoms with E-state index in [-0.39, 0.29) is 5.91 Å². The molecule has 1 unspecified atom stereocenters. The van der Waals surface area contributed by atoms with E-state index in [4.69, 9.17) is 0 Å². The van der Waals surface area contributed by atoms with Gasteiger partial charge in [0.15, 0.2) is 0 Å². The van der Waals surface area contributed by atoms with Gasteiger partial charge in [-0.15, -0.1) is 0 Å². The van der Waals surface area contributed by atoms with Gasteiger partial charge in [0.25, 0.3) is 5.91 Å². The fourth-order valence-corrected chi connectivity index (χ4v) is 1.58. The molecular weight excluding hydrogens is 228 g/mol. The van der Waals surface area contributed by atoms with Crippen LogP contribution < -0.4 is 5.32 Å². The molecule has 1 aromatic heterocycles. The molecule has 0 fully saturated rings. The zero-order valence-electron chi connectivity index (χ0n) is 9.61. The summed E-state index contributed by atoms with van der Waals surface area (Å²) in [5.41, 5.74) is 1.24. The lowest BCUT2D eigenvalue weighted by Gasteiger charge is -2.12. The summed E-state index contributed by atoms with van der Waals surface area (Å²) in [7, 11) is 0. The Morgan fingerprint density at radius 2 is 1.78 bits per heavy atom. The highest BCUT2D eigenvalue weighted by molar-refractivity contribution is 5.95. The van der Waals surface area contributed by atoms with Crippen molar-refractivity contribution in [3.63, 3.8) is 0 Å². The third-order valence-electron chi connectivity index (χ3n) is 2.52. The van der Waals surface area contributed by atoms with Crippen molar-refractivity contribution in [1.29, 1.82) is 0 Å². The van der Waals surface area contributed by atoms with Crippen LogP contribution in [0.4, 0.5) is 0 Å². The summed E-state index contributed by atoms with van der Waals surface area (Å²) in [5, 5.41) is 2.66. The number of benzene rings is 1. The van der Waals surface area contributed by atoms with Crippen molar-refractivity contribution < 1.29 is 9.59 Å². The molecule has 0 aliphatic rings. The van der Waals surface area contributed by atoms with Crippen LogP contribution in [-0.2, 0) is 4.79 Å². The predicted octanol–water partition coefficient (Wildman–Crippen LogP) is 1.75. The average molecular weight is 240 g/mol. The molecule has 0 saturated carbocycles. The van der Waals surface area contributed by atoms with Crippen LogP contribution in [-0.4, -0.2) is 17.2 Å². The molecule has 1 heterocycles. The average Bonchev–Trinajstić information content (AvgIpc) is 2.46. The molecular formula is C14H12N2O2. The molecule has 0 radical (unpaired) electrons. The number of aldehydes is 1. The van der Waals surface area contributed by atoms with Crippen molar-refractivity contribution in [3.8, 4) is 0 Å². The van der Waals surface area contributed by atoms with Crippen molar-refractivity contribution in [1.82, 2.24) is 10.3 Å². The van der Waals surface area contributed by atoms with Crippen molar-refractivity contribution in [3.05, 3.63) is 66.0 Å². The first kappa shape index (κ1) is 12.0. The summed E-state index contributed by atoms with van der Waals surface area (Å²) in [4.78, 5) is 26.8. The minimum Gasteiger partial charge on any atom is -0.338 e. The van der Waals surface area contributed by atoms with Gasteiger partial charge in [0.05, 0.1) is 0 Å². The maximum Gasteiger partial charge on any atom is 0.252 e. The number of rotatable bonds is 4. The summed E-state index contributed by atoms with van der Waals surface area (Å²) < 4.78 is 0. The van der Waals surface area contributed by atoms with Crippen LogP contribution >= 0.6 is 0 Å². The van der Waals surface area contributed by atoms with Crippen molar-refractivity contribution in [2.45, 2.75) is 6.04 Å². The number of pyridine rings is 1. The predicted molar refractivity (Wildman–Crippen MR) is 67.0 cm³/mol. The fraction of sp³-hybridized carbons (Fsp3) is 0.0714. The molecule has 0 aliphatic heterocycles. The van der Waals surface area contributed by atoms with Gasteiger partial charge in [-0.25, -0.2) is 0 Å². The highest BCUT2D eigenvalue weighted by atomic mass is 16.2. The normalized spacial score (nSPS) is 11.6. The van der Waals surface area contributed by atoms with Crippen LogP contribution in [0.25, 0.3) is 0 Å². The molecule has 0 spiro atoms. The highest BCUT2D eigenvalue weighted by Gasteiger charge is 2.14. The SMILES string of the molecule is O=CC(NC(=O)c1ccncc1)c1ccccc1. The molecule has 4 nitrogen and oxygen atoms in total. The molecule has 18 heavy (non-hydrogen) atoms. The number of carbonyl (C=O) groups is 2. The molecule has 1 atom stereocenters. The number of hydrogen-bond donors (Lipinski definition) is 1. The lowest BCUT2D eigenvalue weighted by molar-refractivity contribution is -0.109. The van der Waals surface area contributed by atoms with Gasteiger partial charge in [-0.05, 0) is 17.7 Å². The number of nitrogens with one attached hydrogen (secondary N) is 1. The van der Waals surface area contributed by atoms with Crippen molar-refractivity contribution in [2.75, 3.05) is 0 Å². The van der Waals surface area contributed by atoms with Gasteiger partial charge in [0, 0.05) is 18.0 Å². The van der Waals surface area contributed by atoms with E-state index in [0.717, 1.165) is 5.56 Å². The molecule has 90 valence electrons. The Balaban J connectivity index is 2.13. The van der Waals surface area contributed by atoms with E-state index in [9.17, 15) is 9.59 Å². The smallest absolute Gasteiger partial charge is 0.252 e. The first-order valence-corrected chi connectivity index (χ1v) is 5.52. The van der Waals surface area contributed by atoms with Crippen LogP contribution in [0.15, 0.2) is 54.9 Å². The molecule has 1 aromatic carbocycles. The molecule has 0 bridgehead atoms. The number of aromatic nitrogens is 1. The summed E-state index contributed by atoms with van der Waals surface area (Å²) in [5.74, 6) is -0.293. The maximum atomic E-state index is 11.9. The number of amides is 1. The second-order valence-electron chi connectivity index (χ2n) is 3.73. The summed E-state index contributed by atoms with van der Waals surface area (Å²) in [6, 6.07) is 11.7. The van der Waals surface area contributed by atoms with E-state index in [2.05, 4.69) is 10.3 Å². The van der Waals surface area contributed by atoms with Gasteiger partial charge in [-0.3, -0.25) is 9.78 Å². The molecule has 0 saturated heterocycles. The summed E-state index contributed by atoms with van der Waals surface area (Å²) in [6.07, 6.45) is 3.79. The molecule has 2 rings (SSSR count). The summed E-state index contributed by atoms with van der Waals surface area (Å²) >= 11 is 0. The van der Waals surface area contributed by atoms with E-state index in [0.29, 0.717) is 11.8 Å². The standard InChI is InChI=1S/C14H12N2O2/c17-10-13(11-4-2-1-3-5-11)16-14(18)12-6-8-15-9-7-12/h1-10,13H,(H,16,18). The minimum absolute atomic E-state index is 0.293. The lowest BCUT2D eigenvalue weighted by atomic mass is 10.1.